The van der Waals surface area contributed by atoms with Crippen molar-refractivity contribution in [2.24, 2.45) is 0 Å². The number of esters is 1. The van der Waals surface area contributed by atoms with Gasteiger partial charge in [-0.25, -0.2) is 9.18 Å². The van der Waals surface area contributed by atoms with Crippen molar-refractivity contribution in [3.05, 3.63) is 82.7 Å². The summed E-state index contributed by atoms with van der Waals surface area (Å²) in [5.74, 6) is 0.584. The molecule has 0 bridgehead atoms. The van der Waals surface area contributed by atoms with E-state index in [0.717, 1.165) is 48.3 Å². The fourth-order valence-electron chi connectivity index (χ4n) is 6.32. The standard InChI is InChI=1S/C40H50FNO7/c1-25(42-38(44)49-40(5,6)7)30-14-10-15-31(36(30)41)28-22-27(17-18-29-13-11-20-45-29)37-32(23-28)34(19-21-46-37)47-33-16-9-8-12-26(33)24-35(43)48-39(2,3)4/h8-10,12,14-16,22-23,25,29,34H,11,13,17-21,24H2,1-7H3,(H,42,44)/t25-,29-,34?/m1/s1. The van der Waals surface area contributed by atoms with Crippen LogP contribution in [0.4, 0.5) is 9.18 Å². The van der Waals surface area contributed by atoms with Crippen molar-refractivity contribution >= 4 is 12.1 Å². The molecule has 1 unspecified atom stereocenters. The summed E-state index contributed by atoms with van der Waals surface area (Å²) in [6.07, 6.45) is 3.39. The maximum absolute atomic E-state index is 16.4. The lowest BCUT2D eigenvalue weighted by Crippen LogP contribution is -2.34. The van der Waals surface area contributed by atoms with Crippen LogP contribution in [0.1, 0.15) is 109 Å². The molecular formula is C40H50FNO7. The number of carbonyl (C=O) groups excluding carboxylic acids is 2. The van der Waals surface area contributed by atoms with E-state index in [-0.39, 0.29) is 18.5 Å². The van der Waals surface area contributed by atoms with Gasteiger partial charge < -0.3 is 29.0 Å². The number of benzene rings is 3. The number of hydrogen-bond acceptors (Lipinski definition) is 7. The average Bonchev–Trinajstić information content (AvgIpc) is 3.53. The van der Waals surface area contributed by atoms with Crippen LogP contribution < -0.4 is 14.8 Å². The minimum atomic E-state index is -0.676. The molecule has 0 radical (unpaired) electrons. The van der Waals surface area contributed by atoms with Gasteiger partial charge in [0.05, 0.1) is 25.2 Å². The van der Waals surface area contributed by atoms with Crippen molar-refractivity contribution < 1.29 is 37.7 Å². The van der Waals surface area contributed by atoms with E-state index in [0.29, 0.717) is 41.9 Å². The summed E-state index contributed by atoms with van der Waals surface area (Å²) in [5.41, 5.74) is 2.68. The van der Waals surface area contributed by atoms with Gasteiger partial charge in [-0.1, -0.05) is 36.4 Å². The van der Waals surface area contributed by atoms with Crippen LogP contribution in [0, 0.1) is 5.82 Å². The maximum Gasteiger partial charge on any atom is 0.408 e. The third kappa shape index (κ3) is 9.75. The van der Waals surface area contributed by atoms with E-state index in [4.69, 9.17) is 23.7 Å². The molecule has 2 aliphatic heterocycles. The van der Waals surface area contributed by atoms with E-state index in [1.807, 2.05) is 57.2 Å². The third-order valence-corrected chi connectivity index (χ3v) is 8.46. The zero-order chi connectivity index (χ0) is 35.3. The van der Waals surface area contributed by atoms with E-state index in [2.05, 4.69) is 5.32 Å². The van der Waals surface area contributed by atoms with Crippen LogP contribution in [0.3, 0.4) is 0 Å². The topological polar surface area (TPSA) is 92.3 Å². The molecule has 1 amide bonds. The molecule has 3 aromatic rings. The number of alkyl carbamates (subject to hydrolysis) is 1. The molecule has 1 saturated heterocycles. The lowest BCUT2D eigenvalue weighted by molar-refractivity contribution is -0.153. The maximum atomic E-state index is 16.4. The molecule has 2 aliphatic rings. The van der Waals surface area contributed by atoms with Gasteiger partial charge in [0.2, 0.25) is 0 Å². The summed E-state index contributed by atoms with van der Waals surface area (Å²) in [5, 5.41) is 2.76. The molecule has 0 aromatic heterocycles. The van der Waals surface area contributed by atoms with E-state index in [9.17, 15) is 9.59 Å². The van der Waals surface area contributed by atoms with Gasteiger partial charge in [-0.3, -0.25) is 4.79 Å². The lowest BCUT2D eigenvalue weighted by Gasteiger charge is -2.30. The van der Waals surface area contributed by atoms with E-state index >= 15 is 4.39 Å². The number of nitrogens with one attached hydrogen (secondary N) is 1. The lowest BCUT2D eigenvalue weighted by atomic mass is 9.90. The molecule has 8 nitrogen and oxygen atoms in total. The Bertz CT molecular complexity index is 1630. The smallest absolute Gasteiger partial charge is 0.408 e. The highest BCUT2D eigenvalue weighted by molar-refractivity contribution is 5.74. The minimum Gasteiger partial charge on any atom is -0.493 e. The van der Waals surface area contributed by atoms with Gasteiger partial charge in [0.25, 0.3) is 0 Å². The van der Waals surface area contributed by atoms with Gasteiger partial charge in [-0.15, -0.1) is 0 Å². The van der Waals surface area contributed by atoms with E-state index < -0.39 is 35.3 Å². The number of fused-ring (bicyclic) bond motifs is 1. The van der Waals surface area contributed by atoms with Crippen molar-refractivity contribution in [2.45, 2.75) is 116 Å². The number of amides is 1. The second-order valence-electron chi connectivity index (χ2n) is 14.9. The average molecular weight is 676 g/mol. The van der Waals surface area contributed by atoms with Gasteiger partial charge in [0.1, 0.15) is 34.6 Å². The normalized spacial score (nSPS) is 18.2. The highest BCUT2D eigenvalue weighted by Gasteiger charge is 2.30. The van der Waals surface area contributed by atoms with Crippen LogP contribution in [0.25, 0.3) is 11.1 Å². The van der Waals surface area contributed by atoms with Gasteiger partial charge in [-0.2, -0.15) is 0 Å². The summed E-state index contributed by atoms with van der Waals surface area (Å²) in [7, 11) is 0. The molecule has 0 saturated carbocycles. The van der Waals surface area contributed by atoms with Gasteiger partial charge in [0, 0.05) is 35.3 Å². The van der Waals surface area contributed by atoms with E-state index in [1.54, 1.807) is 45.9 Å². The molecule has 1 fully saturated rings. The Balaban J connectivity index is 1.49. The van der Waals surface area contributed by atoms with Crippen molar-refractivity contribution in [1.29, 1.82) is 0 Å². The van der Waals surface area contributed by atoms with Crippen LogP contribution in [0.2, 0.25) is 0 Å². The molecule has 3 atom stereocenters. The molecule has 264 valence electrons. The van der Waals surface area contributed by atoms with Crippen LogP contribution in [-0.2, 0) is 31.8 Å². The third-order valence-electron chi connectivity index (χ3n) is 8.46. The molecule has 3 aromatic carbocycles. The highest BCUT2D eigenvalue weighted by Crippen LogP contribution is 2.43. The van der Waals surface area contributed by atoms with Crippen molar-refractivity contribution in [1.82, 2.24) is 5.32 Å². The van der Waals surface area contributed by atoms with Crippen LogP contribution in [0.5, 0.6) is 11.5 Å². The van der Waals surface area contributed by atoms with E-state index in [1.165, 1.54) is 0 Å². The summed E-state index contributed by atoms with van der Waals surface area (Å²) >= 11 is 0. The Morgan fingerprint density at radius 3 is 2.41 bits per heavy atom. The summed E-state index contributed by atoms with van der Waals surface area (Å²) in [4.78, 5) is 25.3. The van der Waals surface area contributed by atoms with Crippen molar-refractivity contribution in [3.63, 3.8) is 0 Å². The fourth-order valence-corrected chi connectivity index (χ4v) is 6.32. The molecule has 0 spiro atoms. The first-order valence-electron chi connectivity index (χ1n) is 17.3. The van der Waals surface area contributed by atoms with Crippen LogP contribution in [0.15, 0.2) is 54.6 Å². The fraction of sp³-hybridized carbons (Fsp3) is 0.500. The zero-order valence-corrected chi connectivity index (χ0v) is 29.8. The van der Waals surface area contributed by atoms with Gasteiger partial charge in [0.15, 0.2) is 0 Å². The molecule has 5 rings (SSSR count). The number of ether oxygens (including phenoxy) is 5. The van der Waals surface area contributed by atoms with Crippen LogP contribution in [-0.4, -0.2) is 42.6 Å². The number of rotatable bonds is 10. The van der Waals surface area contributed by atoms with Crippen molar-refractivity contribution in [3.8, 4) is 22.6 Å². The summed E-state index contributed by atoms with van der Waals surface area (Å²) < 4.78 is 46.3. The summed E-state index contributed by atoms with van der Waals surface area (Å²) in [6.45, 7) is 13.8. The number of aryl methyl sites for hydroxylation is 1. The first-order valence-corrected chi connectivity index (χ1v) is 17.3. The predicted octanol–water partition coefficient (Wildman–Crippen LogP) is 8.98. The number of carbonyl (C=O) groups is 2. The highest BCUT2D eigenvalue weighted by atomic mass is 19.1. The second-order valence-corrected chi connectivity index (χ2v) is 14.9. The monoisotopic (exact) mass is 675 g/mol. The number of hydrogen-bond donors (Lipinski definition) is 1. The minimum absolute atomic E-state index is 0.0731. The molecule has 1 N–H and O–H groups in total. The second kappa shape index (κ2) is 15.2. The quantitative estimate of drug-likeness (QED) is 0.215. The van der Waals surface area contributed by atoms with Crippen molar-refractivity contribution in [2.75, 3.05) is 13.2 Å². The predicted molar refractivity (Wildman–Crippen MR) is 186 cm³/mol. The molecule has 0 aliphatic carbocycles. The molecule has 9 heteroatoms. The Morgan fingerprint density at radius 1 is 0.939 bits per heavy atom. The first kappa shape index (κ1) is 36.2. The SMILES string of the molecule is C[C@@H](NC(=O)OC(C)(C)C)c1cccc(-c2cc(CC[C@H]3CCCO3)c3c(c2)C(Oc2ccccc2CC(=O)OC(C)(C)C)CCO3)c1F. The van der Waals surface area contributed by atoms with Gasteiger partial charge in [-0.05, 0) is 103 Å². The summed E-state index contributed by atoms with van der Waals surface area (Å²) in [6, 6.07) is 16.0. The first-order chi connectivity index (χ1) is 23.2. The Hall–Kier alpha value is -4.11. The van der Waals surface area contributed by atoms with Gasteiger partial charge >= 0.3 is 12.1 Å². The zero-order valence-electron chi connectivity index (χ0n) is 29.8. The number of para-hydroxylation sites is 1. The molecule has 49 heavy (non-hydrogen) atoms. The Labute approximate surface area is 289 Å². The Morgan fingerprint density at radius 2 is 1.69 bits per heavy atom. The number of halogens is 1. The Kier molecular flexibility index (Phi) is 11.2. The largest absolute Gasteiger partial charge is 0.493 e. The van der Waals surface area contributed by atoms with Crippen LogP contribution >= 0.6 is 0 Å². The molecular weight excluding hydrogens is 625 g/mol. The molecule has 2 heterocycles.